The van der Waals surface area contributed by atoms with Gasteiger partial charge in [0.25, 0.3) is 5.91 Å². The van der Waals surface area contributed by atoms with Gasteiger partial charge >= 0.3 is 0 Å². The predicted octanol–water partition coefficient (Wildman–Crippen LogP) is 3.88. The molecule has 0 aliphatic heterocycles. The zero-order valence-electron chi connectivity index (χ0n) is 15.6. The second-order valence-electron chi connectivity index (χ2n) is 5.89. The fourth-order valence-electron chi connectivity index (χ4n) is 2.42. The molecule has 2 rings (SSSR count). The van der Waals surface area contributed by atoms with Gasteiger partial charge in [-0.25, -0.2) is 0 Å². The topological polar surface area (TPSA) is 59.9 Å². The van der Waals surface area contributed by atoms with Crippen LogP contribution in [-0.2, 0) is 16.1 Å². The molecular formula is C21H26N2O3. The number of oxime groups is 1. The molecule has 0 unspecified atom stereocenters. The summed E-state index contributed by atoms with van der Waals surface area (Å²) in [6, 6.07) is 15.6. The van der Waals surface area contributed by atoms with Crippen LogP contribution in [0.5, 0.6) is 5.75 Å². The average molecular weight is 354 g/mol. The van der Waals surface area contributed by atoms with Gasteiger partial charge in [0.2, 0.25) is 0 Å². The number of aryl methyl sites for hydroxylation is 1. The molecule has 0 aliphatic rings. The molecule has 1 N–H and O–H groups in total. The average Bonchev–Trinajstić information content (AvgIpc) is 2.67. The Balaban J connectivity index is 1.75. The molecule has 2 aromatic carbocycles. The van der Waals surface area contributed by atoms with Gasteiger partial charge in [0.15, 0.2) is 6.61 Å². The number of nitrogens with one attached hydrogen (secondary N) is 1. The fourth-order valence-corrected chi connectivity index (χ4v) is 2.42. The van der Waals surface area contributed by atoms with E-state index in [-0.39, 0.29) is 18.6 Å². The monoisotopic (exact) mass is 354 g/mol. The first-order valence-electron chi connectivity index (χ1n) is 8.88. The van der Waals surface area contributed by atoms with Crippen molar-refractivity contribution >= 4 is 12.1 Å². The van der Waals surface area contributed by atoms with Gasteiger partial charge in [0.05, 0.1) is 18.9 Å². The van der Waals surface area contributed by atoms with E-state index in [4.69, 9.17) is 9.57 Å². The molecule has 0 heterocycles. The molecule has 0 aromatic heterocycles. The molecule has 0 bridgehead atoms. The molecule has 1 atom stereocenters. The zero-order chi connectivity index (χ0) is 18.8. The van der Waals surface area contributed by atoms with Crippen LogP contribution in [0.15, 0.2) is 53.7 Å². The SMILES string of the molecule is CCOc1ccc(/C=N\OCC(=O)N[C@@H](C)c2ccc(CC)cc2)cc1. The van der Waals surface area contributed by atoms with Crippen LogP contribution in [0.3, 0.4) is 0 Å². The van der Waals surface area contributed by atoms with Crippen LogP contribution >= 0.6 is 0 Å². The van der Waals surface area contributed by atoms with E-state index in [0.717, 1.165) is 23.3 Å². The van der Waals surface area contributed by atoms with Crippen molar-refractivity contribution in [2.45, 2.75) is 33.2 Å². The quantitative estimate of drug-likeness (QED) is 0.549. The first kappa shape index (κ1) is 19.5. The molecule has 0 aliphatic carbocycles. The molecule has 2 aromatic rings. The number of nitrogens with zero attached hydrogens (tertiary/aromatic N) is 1. The molecule has 0 spiro atoms. The lowest BCUT2D eigenvalue weighted by molar-refractivity contribution is -0.126. The molecule has 0 saturated carbocycles. The Labute approximate surface area is 155 Å². The largest absolute Gasteiger partial charge is 0.494 e. The van der Waals surface area contributed by atoms with E-state index < -0.39 is 0 Å². The molecule has 5 nitrogen and oxygen atoms in total. The van der Waals surface area contributed by atoms with E-state index in [1.165, 1.54) is 5.56 Å². The van der Waals surface area contributed by atoms with Gasteiger partial charge in [-0.1, -0.05) is 36.3 Å². The maximum atomic E-state index is 12.0. The minimum absolute atomic E-state index is 0.0768. The van der Waals surface area contributed by atoms with Crippen LogP contribution in [0.2, 0.25) is 0 Å². The smallest absolute Gasteiger partial charge is 0.261 e. The summed E-state index contributed by atoms with van der Waals surface area (Å²) in [5.41, 5.74) is 3.21. The van der Waals surface area contributed by atoms with Gasteiger partial charge in [-0.05, 0) is 61.2 Å². The van der Waals surface area contributed by atoms with Crippen LogP contribution in [-0.4, -0.2) is 25.3 Å². The van der Waals surface area contributed by atoms with Crippen LogP contribution in [0.25, 0.3) is 0 Å². The Hall–Kier alpha value is -2.82. The summed E-state index contributed by atoms with van der Waals surface area (Å²) in [5, 5.41) is 6.73. The summed E-state index contributed by atoms with van der Waals surface area (Å²) < 4.78 is 5.38. The van der Waals surface area contributed by atoms with Crippen molar-refractivity contribution in [3.8, 4) is 5.75 Å². The second kappa shape index (κ2) is 10.2. The molecule has 138 valence electrons. The highest BCUT2D eigenvalue weighted by Crippen LogP contribution is 2.13. The Morgan fingerprint density at radius 1 is 1.12 bits per heavy atom. The van der Waals surface area contributed by atoms with Gasteiger partial charge in [0.1, 0.15) is 5.75 Å². The maximum Gasteiger partial charge on any atom is 0.261 e. The summed E-state index contributed by atoms with van der Waals surface area (Å²) in [4.78, 5) is 17.0. The minimum Gasteiger partial charge on any atom is -0.494 e. The second-order valence-corrected chi connectivity index (χ2v) is 5.89. The third-order valence-electron chi connectivity index (χ3n) is 3.93. The van der Waals surface area contributed by atoms with E-state index in [1.807, 2.05) is 50.2 Å². The highest BCUT2D eigenvalue weighted by Gasteiger charge is 2.09. The summed E-state index contributed by atoms with van der Waals surface area (Å²) in [5.74, 6) is 0.604. The molecule has 26 heavy (non-hydrogen) atoms. The van der Waals surface area contributed by atoms with Gasteiger partial charge in [-0.3, -0.25) is 4.79 Å². The first-order valence-corrected chi connectivity index (χ1v) is 8.88. The third kappa shape index (κ3) is 6.24. The minimum atomic E-state index is -0.207. The van der Waals surface area contributed by atoms with Crippen molar-refractivity contribution in [1.29, 1.82) is 0 Å². The lowest BCUT2D eigenvalue weighted by Gasteiger charge is -2.14. The number of rotatable bonds is 9. The maximum absolute atomic E-state index is 12.0. The predicted molar refractivity (Wildman–Crippen MR) is 104 cm³/mol. The number of ether oxygens (including phenoxy) is 1. The van der Waals surface area contributed by atoms with Crippen LogP contribution < -0.4 is 10.1 Å². The normalized spacial score (nSPS) is 12.0. The molecule has 0 fully saturated rings. The van der Waals surface area contributed by atoms with E-state index in [2.05, 4.69) is 29.5 Å². The molecule has 5 heteroatoms. The number of carbonyl (C=O) groups is 1. The van der Waals surface area contributed by atoms with E-state index in [1.54, 1.807) is 6.21 Å². The number of amides is 1. The standard InChI is InChI=1S/C21H26N2O3/c1-4-17-6-10-19(11-7-17)16(3)23-21(24)15-26-22-14-18-8-12-20(13-9-18)25-5-2/h6-14,16H,4-5,15H2,1-3H3,(H,23,24)/b22-14-/t16-/m0/s1. The zero-order valence-corrected chi connectivity index (χ0v) is 15.6. The summed E-state index contributed by atoms with van der Waals surface area (Å²) in [6.07, 6.45) is 2.57. The van der Waals surface area contributed by atoms with Crippen molar-refractivity contribution in [1.82, 2.24) is 5.32 Å². The molecule has 0 saturated heterocycles. The van der Waals surface area contributed by atoms with Gasteiger partial charge < -0.3 is 14.9 Å². The lowest BCUT2D eigenvalue weighted by atomic mass is 10.1. The molecular weight excluding hydrogens is 328 g/mol. The van der Waals surface area contributed by atoms with Crippen molar-refractivity contribution in [2.75, 3.05) is 13.2 Å². The van der Waals surface area contributed by atoms with Gasteiger partial charge in [-0.15, -0.1) is 0 Å². The Bertz CT molecular complexity index is 709. The van der Waals surface area contributed by atoms with Crippen LogP contribution in [0, 0.1) is 0 Å². The van der Waals surface area contributed by atoms with E-state index in [9.17, 15) is 4.79 Å². The number of hydrogen-bond donors (Lipinski definition) is 1. The Kier molecular flexibility index (Phi) is 7.68. The number of benzene rings is 2. The van der Waals surface area contributed by atoms with Crippen LogP contribution in [0.4, 0.5) is 0 Å². The lowest BCUT2D eigenvalue weighted by Crippen LogP contribution is -2.29. The molecule has 1 amide bonds. The van der Waals surface area contributed by atoms with Gasteiger partial charge in [-0.2, -0.15) is 0 Å². The number of hydrogen-bond acceptors (Lipinski definition) is 4. The van der Waals surface area contributed by atoms with Crippen molar-refractivity contribution in [3.63, 3.8) is 0 Å². The summed E-state index contributed by atoms with van der Waals surface area (Å²) >= 11 is 0. The summed E-state index contributed by atoms with van der Waals surface area (Å²) in [6.45, 7) is 6.51. The van der Waals surface area contributed by atoms with Gasteiger partial charge in [0, 0.05) is 0 Å². The summed E-state index contributed by atoms with van der Waals surface area (Å²) in [7, 11) is 0. The van der Waals surface area contributed by atoms with Crippen molar-refractivity contribution in [3.05, 3.63) is 65.2 Å². The van der Waals surface area contributed by atoms with E-state index in [0.29, 0.717) is 6.61 Å². The Morgan fingerprint density at radius 2 is 1.81 bits per heavy atom. The van der Waals surface area contributed by atoms with Crippen LogP contribution in [0.1, 0.15) is 43.5 Å². The number of carbonyl (C=O) groups excluding carboxylic acids is 1. The highest BCUT2D eigenvalue weighted by atomic mass is 16.6. The highest BCUT2D eigenvalue weighted by molar-refractivity contribution is 5.80. The third-order valence-corrected chi connectivity index (χ3v) is 3.93. The molecule has 0 radical (unpaired) electrons. The fraction of sp³-hybridized carbons (Fsp3) is 0.333. The Morgan fingerprint density at radius 3 is 2.42 bits per heavy atom. The first-order chi connectivity index (χ1) is 12.6. The van der Waals surface area contributed by atoms with Crippen molar-refractivity contribution < 1.29 is 14.4 Å². The van der Waals surface area contributed by atoms with Crippen molar-refractivity contribution in [2.24, 2.45) is 5.16 Å². The van der Waals surface area contributed by atoms with E-state index >= 15 is 0 Å².